The standard InChI is InChI=1S/C21H20BrN5O4/c1-30-18-6-5-14(10-19(18)31-13-20(23)28)11-24-25-21(29)17-7-8-27(26-17)12-15-3-2-4-16(22)9-15/h2-11H,12-13H2,1H3,(H2,23,28)(H,25,29)/b24-11+. The summed E-state index contributed by atoms with van der Waals surface area (Å²) >= 11 is 3.43. The fourth-order valence-corrected chi connectivity index (χ4v) is 3.10. The number of nitrogens with two attached hydrogens (primary N) is 1. The Bertz CT molecular complexity index is 1110. The van der Waals surface area contributed by atoms with E-state index in [0.717, 1.165) is 10.0 Å². The topological polar surface area (TPSA) is 121 Å². The van der Waals surface area contributed by atoms with Gasteiger partial charge in [0.25, 0.3) is 11.8 Å². The number of hydrazone groups is 1. The molecule has 3 rings (SSSR count). The van der Waals surface area contributed by atoms with Crippen molar-refractivity contribution < 1.29 is 19.1 Å². The van der Waals surface area contributed by atoms with Crippen molar-refractivity contribution in [2.75, 3.05) is 13.7 Å². The van der Waals surface area contributed by atoms with Gasteiger partial charge in [-0.3, -0.25) is 14.3 Å². The summed E-state index contributed by atoms with van der Waals surface area (Å²) in [6.07, 6.45) is 3.16. The molecule has 0 unspecified atom stereocenters. The van der Waals surface area contributed by atoms with E-state index in [0.29, 0.717) is 23.6 Å². The molecule has 9 nitrogen and oxygen atoms in total. The predicted molar refractivity (Wildman–Crippen MR) is 118 cm³/mol. The summed E-state index contributed by atoms with van der Waals surface area (Å²) in [6, 6.07) is 14.5. The molecule has 0 aliphatic heterocycles. The fraction of sp³-hybridized carbons (Fsp3) is 0.143. The van der Waals surface area contributed by atoms with E-state index in [2.05, 4.69) is 31.6 Å². The van der Waals surface area contributed by atoms with Crippen LogP contribution in [-0.4, -0.2) is 41.5 Å². The number of nitrogens with one attached hydrogen (secondary N) is 1. The summed E-state index contributed by atoms with van der Waals surface area (Å²) in [5, 5.41) is 8.22. The van der Waals surface area contributed by atoms with Crippen LogP contribution in [0.2, 0.25) is 0 Å². The number of halogens is 1. The Morgan fingerprint density at radius 3 is 2.81 bits per heavy atom. The first-order valence-corrected chi connectivity index (χ1v) is 9.94. The van der Waals surface area contributed by atoms with Crippen molar-refractivity contribution in [3.05, 3.63) is 76.0 Å². The summed E-state index contributed by atoms with van der Waals surface area (Å²) in [7, 11) is 1.48. The molecule has 0 fully saturated rings. The molecule has 0 aliphatic rings. The van der Waals surface area contributed by atoms with Crippen LogP contribution in [-0.2, 0) is 11.3 Å². The number of hydrogen-bond donors (Lipinski definition) is 2. The van der Waals surface area contributed by atoms with E-state index in [4.69, 9.17) is 15.2 Å². The monoisotopic (exact) mass is 485 g/mol. The van der Waals surface area contributed by atoms with E-state index in [-0.39, 0.29) is 12.3 Å². The molecule has 3 aromatic rings. The van der Waals surface area contributed by atoms with Gasteiger partial charge in [0.2, 0.25) is 0 Å². The molecule has 0 aliphatic carbocycles. The summed E-state index contributed by atoms with van der Waals surface area (Å²) < 4.78 is 13.2. The molecule has 0 bridgehead atoms. The zero-order valence-electron chi connectivity index (χ0n) is 16.6. The molecule has 0 saturated carbocycles. The molecular weight excluding hydrogens is 466 g/mol. The minimum absolute atomic E-state index is 0.243. The van der Waals surface area contributed by atoms with E-state index in [9.17, 15) is 9.59 Å². The van der Waals surface area contributed by atoms with Crippen molar-refractivity contribution in [2.24, 2.45) is 10.8 Å². The first kappa shape index (κ1) is 22.0. The van der Waals surface area contributed by atoms with Crippen LogP contribution in [0.1, 0.15) is 21.6 Å². The minimum atomic E-state index is -0.604. The fourth-order valence-electron chi connectivity index (χ4n) is 2.65. The summed E-state index contributed by atoms with van der Waals surface area (Å²) in [4.78, 5) is 23.2. The van der Waals surface area contributed by atoms with Gasteiger partial charge in [-0.1, -0.05) is 28.1 Å². The van der Waals surface area contributed by atoms with Gasteiger partial charge in [-0.15, -0.1) is 0 Å². The van der Waals surface area contributed by atoms with Crippen molar-refractivity contribution in [3.63, 3.8) is 0 Å². The molecule has 0 saturated heterocycles. The number of methoxy groups -OCH3 is 1. The minimum Gasteiger partial charge on any atom is -0.493 e. The average Bonchev–Trinajstić information content (AvgIpc) is 3.21. The molecular formula is C21H20BrN5O4. The number of carbonyl (C=O) groups excluding carboxylic acids is 2. The van der Waals surface area contributed by atoms with E-state index in [1.165, 1.54) is 13.3 Å². The van der Waals surface area contributed by atoms with Crippen LogP contribution in [0.5, 0.6) is 11.5 Å². The van der Waals surface area contributed by atoms with Gasteiger partial charge in [-0.05, 0) is 47.5 Å². The molecule has 2 amide bonds. The molecule has 1 heterocycles. The van der Waals surface area contributed by atoms with Gasteiger partial charge in [0.05, 0.1) is 19.9 Å². The highest BCUT2D eigenvalue weighted by atomic mass is 79.9. The lowest BCUT2D eigenvalue weighted by Crippen LogP contribution is -2.20. The zero-order valence-corrected chi connectivity index (χ0v) is 18.2. The highest BCUT2D eigenvalue weighted by Gasteiger charge is 2.10. The molecule has 10 heteroatoms. The maximum atomic E-state index is 12.3. The van der Waals surface area contributed by atoms with E-state index < -0.39 is 11.8 Å². The van der Waals surface area contributed by atoms with E-state index in [1.807, 2.05) is 24.3 Å². The van der Waals surface area contributed by atoms with Crippen LogP contribution < -0.4 is 20.6 Å². The lowest BCUT2D eigenvalue weighted by atomic mass is 10.2. The Hall–Kier alpha value is -3.66. The number of primary amides is 1. The highest BCUT2D eigenvalue weighted by Crippen LogP contribution is 2.27. The molecule has 0 spiro atoms. The van der Waals surface area contributed by atoms with Crippen LogP contribution in [0.15, 0.2) is 64.3 Å². The SMILES string of the molecule is COc1ccc(/C=N/NC(=O)c2ccn(Cc3cccc(Br)c3)n2)cc1OCC(N)=O. The van der Waals surface area contributed by atoms with E-state index in [1.54, 1.807) is 35.1 Å². The van der Waals surface area contributed by atoms with E-state index >= 15 is 0 Å². The quantitative estimate of drug-likeness (QED) is 0.355. The van der Waals surface area contributed by atoms with Crippen molar-refractivity contribution >= 4 is 34.0 Å². The Morgan fingerprint density at radius 1 is 1.23 bits per heavy atom. The number of aromatic nitrogens is 2. The van der Waals surface area contributed by atoms with Gasteiger partial charge in [-0.2, -0.15) is 10.2 Å². The number of carbonyl (C=O) groups is 2. The summed E-state index contributed by atoms with van der Waals surface area (Å²) in [5.74, 6) is -0.267. The van der Waals surface area contributed by atoms with Crippen molar-refractivity contribution in [2.45, 2.75) is 6.54 Å². The molecule has 160 valence electrons. The smallest absolute Gasteiger partial charge is 0.291 e. The van der Waals surface area contributed by atoms with Crippen LogP contribution in [0.3, 0.4) is 0 Å². The van der Waals surface area contributed by atoms with Crippen molar-refractivity contribution in [3.8, 4) is 11.5 Å². The summed E-state index contributed by atoms with van der Waals surface area (Å²) in [6.45, 7) is 0.256. The normalized spacial score (nSPS) is 10.8. The number of amides is 2. The largest absolute Gasteiger partial charge is 0.493 e. The van der Waals surface area contributed by atoms with Gasteiger partial charge >= 0.3 is 0 Å². The van der Waals surface area contributed by atoms with Crippen LogP contribution in [0.25, 0.3) is 0 Å². The van der Waals surface area contributed by atoms with Gasteiger partial charge in [0.15, 0.2) is 23.8 Å². The third kappa shape index (κ3) is 6.41. The first-order valence-electron chi connectivity index (χ1n) is 9.15. The second-order valence-electron chi connectivity index (χ2n) is 6.39. The molecule has 31 heavy (non-hydrogen) atoms. The van der Waals surface area contributed by atoms with Crippen molar-refractivity contribution in [1.82, 2.24) is 15.2 Å². The number of ether oxygens (including phenoxy) is 2. The second-order valence-corrected chi connectivity index (χ2v) is 7.31. The lowest BCUT2D eigenvalue weighted by Gasteiger charge is -2.09. The predicted octanol–water partition coefficient (Wildman–Crippen LogP) is 2.33. The van der Waals surface area contributed by atoms with Crippen LogP contribution in [0, 0.1) is 0 Å². The van der Waals surface area contributed by atoms with Crippen molar-refractivity contribution in [1.29, 1.82) is 0 Å². The first-order chi connectivity index (χ1) is 14.9. The molecule has 1 aromatic heterocycles. The maximum Gasteiger partial charge on any atom is 0.291 e. The Balaban J connectivity index is 1.61. The third-order valence-electron chi connectivity index (χ3n) is 4.04. The zero-order chi connectivity index (χ0) is 22.2. The van der Waals surface area contributed by atoms with Gasteiger partial charge in [0.1, 0.15) is 0 Å². The third-order valence-corrected chi connectivity index (χ3v) is 4.54. The number of benzene rings is 2. The molecule has 0 radical (unpaired) electrons. The van der Waals surface area contributed by atoms with Gasteiger partial charge < -0.3 is 15.2 Å². The Morgan fingerprint density at radius 2 is 2.06 bits per heavy atom. The molecule has 2 aromatic carbocycles. The molecule has 0 atom stereocenters. The lowest BCUT2D eigenvalue weighted by molar-refractivity contribution is -0.119. The molecule has 3 N–H and O–H groups in total. The maximum absolute atomic E-state index is 12.3. The number of rotatable bonds is 9. The van der Waals surface area contributed by atoms with Crippen LogP contribution >= 0.6 is 15.9 Å². The van der Waals surface area contributed by atoms with Gasteiger partial charge in [-0.25, -0.2) is 5.43 Å². The second kappa shape index (κ2) is 10.4. The summed E-state index contributed by atoms with van der Waals surface area (Å²) in [5.41, 5.74) is 9.46. The number of hydrogen-bond acceptors (Lipinski definition) is 6. The Kier molecular flexibility index (Phi) is 7.39. The Labute approximate surface area is 187 Å². The van der Waals surface area contributed by atoms with Crippen LogP contribution in [0.4, 0.5) is 0 Å². The average molecular weight is 486 g/mol. The highest BCUT2D eigenvalue weighted by molar-refractivity contribution is 9.10. The number of nitrogens with zero attached hydrogens (tertiary/aromatic N) is 3. The van der Waals surface area contributed by atoms with Gasteiger partial charge in [0, 0.05) is 10.7 Å².